The first-order valence-corrected chi connectivity index (χ1v) is 10.4. The van der Waals surface area contributed by atoms with Crippen molar-refractivity contribution in [3.8, 4) is 5.75 Å². The van der Waals surface area contributed by atoms with Crippen LogP contribution in [-0.4, -0.2) is 43.5 Å². The molecule has 8 heteroatoms. The van der Waals surface area contributed by atoms with E-state index in [1.165, 1.54) is 12.1 Å². The van der Waals surface area contributed by atoms with Crippen LogP contribution in [0.1, 0.15) is 33.6 Å². The van der Waals surface area contributed by atoms with Gasteiger partial charge in [-0.25, -0.2) is 9.59 Å². The summed E-state index contributed by atoms with van der Waals surface area (Å²) in [6.45, 7) is 6.19. The largest absolute Gasteiger partial charge is 0.480 e. The van der Waals surface area contributed by atoms with E-state index < -0.39 is 17.7 Å². The van der Waals surface area contributed by atoms with E-state index in [9.17, 15) is 9.59 Å². The van der Waals surface area contributed by atoms with Crippen molar-refractivity contribution in [3.05, 3.63) is 52.0 Å². The Hall–Kier alpha value is -2.02. The Kier molecular flexibility index (Phi) is 9.21. The molecule has 0 aromatic heterocycles. The van der Waals surface area contributed by atoms with Crippen LogP contribution in [0.25, 0.3) is 0 Å². The summed E-state index contributed by atoms with van der Waals surface area (Å²) < 4.78 is 21.4. The number of carbonyl (C=O) groups is 2. The quantitative estimate of drug-likeness (QED) is 0.203. The first kappa shape index (κ1) is 24.3. The average molecular weight is 457 g/mol. The second-order valence-corrected chi connectivity index (χ2v) is 7.95. The summed E-state index contributed by atoms with van der Waals surface area (Å²) in [5.41, 5.74) is 0.541. The monoisotopic (exact) mass is 456 g/mol. The van der Waals surface area contributed by atoms with Crippen LogP contribution in [-0.2, 0) is 23.8 Å². The predicted octanol–water partition coefficient (Wildman–Crippen LogP) is 4.92. The summed E-state index contributed by atoms with van der Waals surface area (Å²) in [5, 5.41) is 0.801. The van der Waals surface area contributed by atoms with Crippen LogP contribution in [0.15, 0.2) is 42.0 Å². The molecule has 0 N–H and O–H groups in total. The second-order valence-electron chi connectivity index (χ2n) is 7.11. The first-order chi connectivity index (χ1) is 14.2. The molecule has 1 aromatic carbocycles. The smallest absolute Gasteiger partial charge is 0.344 e. The van der Waals surface area contributed by atoms with E-state index in [0.717, 1.165) is 5.57 Å². The molecule has 6 nitrogen and oxygen atoms in total. The van der Waals surface area contributed by atoms with Gasteiger partial charge in [-0.15, -0.1) is 0 Å². The number of allylic oxidation sites excluding steroid dienone is 3. The van der Waals surface area contributed by atoms with Crippen molar-refractivity contribution in [2.75, 3.05) is 19.8 Å². The SMILES string of the molecule is CCOC(=O)/C=C/C=C(\C)CCC(OC(=O)COc1ccc(Cl)cc1Cl)C1(C)CO1. The molecule has 1 fully saturated rings. The highest BCUT2D eigenvalue weighted by Crippen LogP contribution is 2.35. The van der Waals surface area contributed by atoms with Crippen molar-refractivity contribution in [3.63, 3.8) is 0 Å². The lowest BCUT2D eigenvalue weighted by atomic mass is 9.98. The third-order valence-corrected chi connectivity index (χ3v) is 5.02. The van der Waals surface area contributed by atoms with E-state index in [1.807, 2.05) is 19.9 Å². The molecule has 1 aromatic rings. The fraction of sp³-hybridized carbons (Fsp3) is 0.455. The molecule has 1 saturated heterocycles. The van der Waals surface area contributed by atoms with Crippen molar-refractivity contribution in [2.45, 2.75) is 45.3 Å². The third-order valence-electron chi connectivity index (χ3n) is 4.49. The Morgan fingerprint density at radius 3 is 2.70 bits per heavy atom. The van der Waals surface area contributed by atoms with Gasteiger partial charge in [-0.05, 0) is 51.8 Å². The molecule has 0 radical (unpaired) electrons. The lowest BCUT2D eigenvalue weighted by Gasteiger charge is -2.22. The van der Waals surface area contributed by atoms with Gasteiger partial charge in [0.05, 0.1) is 18.2 Å². The minimum atomic E-state index is -0.508. The zero-order chi connectivity index (χ0) is 22.1. The van der Waals surface area contributed by atoms with Crippen LogP contribution < -0.4 is 4.74 Å². The van der Waals surface area contributed by atoms with E-state index in [4.69, 9.17) is 42.1 Å². The number of carbonyl (C=O) groups excluding carboxylic acids is 2. The Morgan fingerprint density at radius 1 is 1.33 bits per heavy atom. The van der Waals surface area contributed by atoms with E-state index in [1.54, 1.807) is 25.1 Å². The van der Waals surface area contributed by atoms with Crippen molar-refractivity contribution in [1.29, 1.82) is 0 Å². The van der Waals surface area contributed by atoms with Gasteiger partial charge in [0.2, 0.25) is 0 Å². The standard InChI is InChI=1S/C22H26Cl2O6/c1-4-27-20(25)7-5-6-15(2)8-11-19(22(3)14-29-22)30-21(26)13-28-18-10-9-16(23)12-17(18)24/h5-7,9-10,12,19H,4,8,11,13-14H2,1-3H3/b7-5+,15-6+. The number of benzene rings is 1. The molecule has 0 amide bonds. The molecule has 30 heavy (non-hydrogen) atoms. The van der Waals surface area contributed by atoms with Crippen molar-refractivity contribution in [1.82, 2.24) is 0 Å². The maximum absolute atomic E-state index is 12.3. The van der Waals surface area contributed by atoms with E-state index in [2.05, 4.69) is 0 Å². The minimum Gasteiger partial charge on any atom is -0.480 e. The van der Waals surface area contributed by atoms with Gasteiger partial charge in [0.15, 0.2) is 6.61 Å². The molecule has 1 aliphatic heterocycles. The Labute approximate surface area is 186 Å². The van der Waals surface area contributed by atoms with Gasteiger partial charge >= 0.3 is 11.9 Å². The molecular weight excluding hydrogens is 431 g/mol. The number of hydrogen-bond donors (Lipinski definition) is 0. The van der Waals surface area contributed by atoms with Gasteiger partial charge < -0.3 is 18.9 Å². The van der Waals surface area contributed by atoms with Crippen LogP contribution in [0.2, 0.25) is 10.0 Å². The highest BCUT2D eigenvalue weighted by molar-refractivity contribution is 6.35. The Morgan fingerprint density at radius 2 is 2.07 bits per heavy atom. The third kappa shape index (κ3) is 8.01. The number of rotatable bonds is 11. The fourth-order valence-corrected chi connectivity index (χ4v) is 3.10. The average Bonchev–Trinajstić information content (AvgIpc) is 3.43. The van der Waals surface area contributed by atoms with Crippen LogP contribution in [0.3, 0.4) is 0 Å². The number of epoxide rings is 1. The Balaban J connectivity index is 1.85. The normalized spacial score (nSPS) is 19.4. The number of ether oxygens (including phenoxy) is 4. The summed E-state index contributed by atoms with van der Waals surface area (Å²) in [6, 6.07) is 4.76. The predicted molar refractivity (Wildman–Crippen MR) is 115 cm³/mol. The molecular formula is C22H26Cl2O6. The van der Waals surface area contributed by atoms with Crippen molar-refractivity contribution in [2.24, 2.45) is 0 Å². The van der Waals surface area contributed by atoms with Gasteiger partial charge in [-0.1, -0.05) is 40.9 Å². The molecule has 1 heterocycles. The highest BCUT2D eigenvalue weighted by Gasteiger charge is 2.49. The molecule has 1 aliphatic rings. The van der Waals surface area contributed by atoms with Gasteiger partial charge in [0, 0.05) is 11.1 Å². The van der Waals surface area contributed by atoms with Crippen LogP contribution in [0.4, 0.5) is 0 Å². The minimum absolute atomic E-state index is 0.273. The van der Waals surface area contributed by atoms with Gasteiger partial charge in [-0.3, -0.25) is 0 Å². The molecule has 2 atom stereocenters. The van der Waals surface area contributed by atoms with Crippen LogP contribution in [0, 0.1) is 0 Å². The zero-order valence-electron chi connectivity index (χ0n) is 17.3. The molecule has 0 spiro atoms. The topological polar surface area (TPSA) is 74.4 Å². The van der Waals surface area contributed by atoms with Gasteiger partial charge in [0.1, 0.15) is 17.5 Å². The van der Waals surface area contributed by atoms with Crippen LogP contribution >= 0.6 is 23.2 Å². The molecule has 2 rings (SSSR count). The molecule has 164 valence electrons. The summed E-state index contributed by atoms with van der Waals surface area (Å²) in [4.78, 5) is 23.6. The first-order valence-electron chi connectivity index (χ1n) is 9.65. The summed E-state index contributed by atoms with van der Waals surface area (Å²) >= 11 is 11.9. The maximum Gasteiger partial charge on any atom is 0.344 e. The van der Waals surface area contributed by atoms with Crippen LogP contribution in [0.5, 0.6) is 5.75 Å². The summed E-state index contributed by atoms with van der Waals surface area (Å²) in [7, 11) is 0. The second kappa shape index (κ2) is 11.4. The molecule has 2 unspecified atom stereocenters. The van der Waals surface area contributed by atoms with Crippen molar-refractivity contribution < 1.29 is 28.5 Å². The highest BCUT2D eigenvalue weighted by atomic mass is 35.5. The number of hydrogen-bond acceptors (Lipinski definition) is 6. The summed E-state index contributed by atoms with van der Waals surface area (Å²) in [6.07, 6.45) is 5.69. The lowest BCUT2D eigenvalue weighted by Crippen LogP contribution is -2.34. The van der Waals surface area contributed by atoms with Gasteiger partial charge in [0.25, 0.3) is 0 Å². The number of halogens is 2. The van der Waals surface area contributed by atoms with Gasteiger partial charge in [-0.2, -0.15) is 0 Å². The van der Waals surface area contributed by atoms with E-state index in [0.29, 0.717) is 41.9 Å². The Bertz CT molecular complexity index is 814. The lowest BCUT2D eigenvalue weighted by molar-refractivity contribution is -0.155. The number of esters is 2. The molecule has 0 bridgehead atoms. The van der Waals surface area contributed by atoms with Crippen molar-refractivity contribution >= 4 is 35.1 Å². The van der Waals surface area contributed by atoms with E-state index in [-0.39, 0.29) is 12.6 Å². The fourth-order valence-electron chi connectivity index (χ4n) is 2.63. The summed E-state index contributed by atoms with van der Waals surface area (Å²) in [5.74, 6) is -0.532. The molecule has 0 aliphatic carbocycles. The maximum atomic E-state index is 12.3. The molecule has 0 saturated carbocycles. The zero-order valence-corrected chi connectivity index (χ0v) is 18.8. The van der Waals surface area contributed by atoms with E-state index >= 15 is 0 Å².